The zero-order valence-electron chi connectivity index (χ0n) is 32.5. The Hall–Kier alpha value is -7.95. The Balaban J connectivity index is 1.10. The van der Waals surface area contributed by atoms with Gasteiger partial charge in [-0.05, 0) is 87.5 Å². The highest BCUT2D eigenvalue weighted by molar-refractivity contribution is 5.95. The quantitative estimate of drug-likeness (QED) is 0.175. The summed E-state index contributed by atoms with van der Waals surface area (Å²) in [4.78, 5) is 15.5. The lowest BCUT2D eigenvalue weighted by Crippen LogP contribution is -2.32. The first kappa shape index (κ1) is 34.1. The first-order chi connectivity index (χ1) is 29.7. The van der Waals surface area contributed by atoms with E-state index in [-0.39, 0.29) is 0 Å². The zero-order valence-corrected chi connectivity index (χ0v) is 32.5. The number of pyridine rings is 1. The number of hydrogen-bond donors (Lipinski definition) is 0. The maximum Gasteiger partial charge on any atom is 0.160 e. The fraction of sp³-hybridized carbons (Fsp3) is 0.0179. The monoisotopic (exact) mass is 765 g/mol. The van der Waals surface area contributed by atoms with Gasteiger partial charge < -0.3 is 4.74 Å². The van der Waals surface area contributed by atoms with E-state index in [0.29, 0.717) is 5.82 Å². The summed E-state index contributed by atoms with van der Waals surface area (Å²) in [5.74, 6) is 2.30. The van der Waals surface area contributed by atoms with Gasteiger partial charge in [-0.15, -0.1) is 0 Å². The molecule has 1 spiro atoms. The van der Waals surface area contributed by atoms with Gasteiger partial charge in [-0.25, -0.2) is 9.97 Å². The third-order valence-corrected chi connectivity index (χ3v) is 12.2. The van der Waals surface area contributed by atoms with Gasteiger partial charge in [-0.1, -0.05) is 158 Å². The highest BCUT2D eigenvalue weighted by Crippen LogP contribution is 2.62. The Labute approximate surface area is 348 Å². The van der Waals surface area contributed by atoms with Crippen LogP contribution in [0.4, 0.5) is 0 Å². The van der Waals surface area contributed by atoms with Crippen molar-refractivity contribution in [3.05, 3.63) is 235 Å². The maximum absolute atomic E-state index is 6.95. The van der Waals surface area contributed by atoms with Gasteiger partial charge in [-0.3, -0.25) is 4.98 Å². The molecule has 0 saturated carbocycles. The molecule has 2 aromatic heterocycles. The van der Waals surface area contributed by atoms with Crippen molar-refractivity contribution < 1.29 is 4.74 Å². The van der Waals surface area contributed by atoms with E-state index in [1.807, 2.05) is 24.4 Å². The van der Waals surface area contributed by atoms with Crippen LogP contribution in [0.2, 0.25) is 0 Å². The molecule has 0 amide bonds. The highest BCUT2D eigenvalue weighted by Gasteiger charge is 2.51. The molecule has 280 valence electrons. The number of benzene rings is 8. The van der Waals surface area contributed by atoms with Crippen LogP contribution in [0.25, 0.3) is 78.2 Å². The lowest BCUT2D eigenvalue weighted by molar-refractivity contribution is 0.436. The molecule has 0 radical (unpaired) electrons. The van der Waals surface area contributed by atoms with Crippen LogP contribution in [-0.2, 0) is 5.41 Å². The Kier molecular flexibility index (Phi) is 7.72. The second-order valence-corrected chi connectivity index (χ2v) is 15.5. The molecule has 4 heteroatoms. The lowest BCUT2D eigenvalue weighted by Gasteiger charge is -2.40. The van der Waals surface area contributed by atoms with Gasteiger partial charge in [0.05, 0.1) is 22.3 Å². The molecule has 4 nitrogen and oxygen atoms in total. The second kappa shape index (κ2) is 13.6. The molecule has 1 aliphatic heterocycles. The van der Waals surface area contributed by atoms with Gasteiger partial charge in [0.1, 0.15) is 11.5 Å². The number of nitrogens with zero attached hydrogens (tertiary/aromatic N) is 3. The third-order valence-electron chi connectivity index (χ3n) is 12.2. The van der Waals surface area contributed by atoms with E-state index in [0.717, 1.165) is 83.9 Å². The summed E-state index contributed by atoms with van der Waals surface area (Å²) >= 11 is 0. The standard InChI is InChI=1S/C56H35N3O/c1-3-14-36(15-4-1)39-19-11-20-41(32-39)51-35-50(37-16-5-2-6-17-37)58-55(59-51)42-28-30-53-49(34-42)56(46-25-9-7-22-44(46)45-23-8-10-26-47(45)56)48-33-40(27-29-52(48)60-53)43-24-12-18-38-21-13-31-57-54(38)43/h1-35H. The average molecular weight is 766 g/mol. The molecule has 0 saturated heterocycles. The van der Waals surface area contributed by atoms with Crippen molar-refractivity contribution in [3.63, 3.8) is 0 Å². The summed E-state index contributed by atoms with van der Waals surface area (Å²) in [5.41, 5.74) is 16.5. The predicted molar refractivity (Wildman–Crippen MR) is 242 cm³/mol. The van der Waals surface area contributed by atoms with Gasteiger partial charge in [0.15, 0.2) is 5.82 Å². The minimum absolute atomic E-state index is 0.648. The summed E-state index contributed by atoms with van der Waals surface area (Å²) in [7, 11) is 0. The van der Waals surface area contributed by atoms with Crippen LogP contribution in [0.3, 0.4) is 0 Å². The topological polar surface area (TPSA) is 47.9 Å². The van der Waals surface area contributed by atoms with Crippen molar-refractivity contribution in [3.8, 4) is 78.8 Å². The van der Waals surface area contributed by atoms with Crippen LogP contribution in [0.15, 0.2) is 212 Å². The molecule has 10 aromatic rings. The van der Waals surface area contributed by atoms with Gasteiger partial charge in [0, 0.05) is 45.0 Å². The summed E-state index contributed by atoms with van der Waals surface area (Å²) in [6.07, 6.45) is 1.87. The summed E-state index contributed by atoms with van der Waals surface area (Å²) in [6.45, 7) is 0. The van der Waals surface area contributed by atoms with Crippen molar-refractivity contribution in [2.24, 2.45) is 0 Å². The van der Waals surface area contributed by atoms with Gasteiger partial charge in [-0.2, -0.15) is 0 Å². The Morgan fingerprint density at radius 3 is 1.63 bits per heavy atom. The molecular weight excluding hydrogens is 731 g/mol. The minimum atomic E-state index is -0.690. The molecule has 0 fully saturated rings. The van der Waals surface area contributed by atoms with Crippen LogP contribution in [0.1, 0.15) is 22.3 Å². The number of hydrogen-bond acceptors (Lipinski definition) is 4. The molecule has 0 unspecified atom stereocenters. The number of fused-ring (bicyclic) bond motifs is 10. The Morgan fingerprint density at radius 1 is 0.350 bits per heavy atom. The molecule has 3 heterocycles. The average Bonchev–Trinajstić information content (AvgIpc) is 3.62. The van der Waals surface area contributed by atoms with E-state index in [1.54, 1.807) is 0 Å². The summed E-state index contributed by atoms with van der Waals surface area (Å²) in [6, 6.07) is 72.9. The fourth-order valence-electron chi connectivity index (χ4n) is 9.52. The van der Waals surface area contributed by atoms with Crippen LogP contribution in [-0.4, -0.2) is 15.0 Å². The first-order valence-electron chi connectivity index (χ1n) is 20.3. The molecule has 8 aromatic carbocycles. The second-order valence-electron chi connectivity index (χ2n) is 15.5. The van der Waals surface area contributed by atoms with Crippen molar-refractivity contribution >= 4 is 10.9 Å². The van der Waals surface area contributed by atoms with E-state index in [2.05, 4.69) is 188 Å². The normalized spacial score (nSPS) is 12.9. The first-order valence-corrected chi connectivity index (χ1v) is 20.3. The number of ether oxygens (including phenoxy) is 1. The van der Waals surface area contributed by atoms with E-state index in [1.165, 1.54) is 22.3 Å². The maximum atomic E-state index is 6.95. The third kappa shape index (κ3) is 5.28. The van der Waals surface area contributed by atoms with Gasteiger partial charge in [0.25, 0.3) is 0 Å². The molecular formula is C56H35N3O. The molecule has 12 rings (SSSR count). The Bertz CT molecular complexity index is 3250. The van der Waals surface area contributed by atoms with Gasteiger partial charge in [0.2, 0.25) is 0 Å². The number of aromatic nitrogens is 3. The lowest BCUT2D eigenvalue weighted by atomic mass is 9.65. The predicted octanol–water partition coefficient (Wildman–Crippen LogP) is 13.8. The summed E-state index contributed by atoms with van der Waals surface area (Å²) in [5, 5.41) is 1.11. The minimum Gasteiger partial charge on any atom is -0.457 e. The number of para-hydroxylation sites is 1. The van der Waals surface area contributed by atoms with E-state index in [9.17, 15) is 0 Å². The van der Waals surface area contributed by atoms with Gasteiger partial charge >= 0.3 is 0 Å². The fourth-order valence-corrected chi connectivity index (χ4v) is 9.52. The van der Waals surface area contributed by atoms with E-state index < -0.39 is 5.41 Å². The largest absolute Gasteiger partial charge is 0.457 e. The van der Waals surface area contributed by atoms with E-state index >= 15 is 0 Å². The van der Waals surface area contributed by atoms with Crippen molar-refractivity contribution in [1.82, 2.24) is 15.0 Å². The van der Waals surface area contributed by atoms with E-state index in [4.69, 9.17) is 19.7 Å². The van der Waals surface area contributed by atoms with Crippen LogP contribution >= 0.6 is 0 Å². The highest BCUT2D eigenvalue weighted by atomic mass is 16.5. The smallest absolute Gasteiger partial charge is 0.160 e. The van der Waals surface area contributed by atoms with Crippen molar-refractivity contribution in [2.75, 3.05) is 0 Å². The molecule has 0 atom stereocenters. The summed E-state index contributed by atoms with van der Waals surface area (Å²) < 4.78 is 6.95. The zero-order chi connectivity index (χ0) is 39.6. The molecule has 0 N–H and O–H groups in total. The van der Waals surface area contributed by atoms with Crippen LogP contribution in [0.5, 0.6) is 11.5 Å². The molecule has 60 heavy (non-hydrogen) atoms. The SMILES string of the molecule is c1ccc(-c2cccc(-c3cc(-c4ccccc4)nc(-c4ccc5c(c4)C4(c6cc(-c7cccc8cccnc78)ccc6O5)c5ccccc5-c5ccccc54)n3)c2)cc1. The molecule has 1 aliphatic carbocycles. The Morgan fingerprint density at radius 2 is 0.900 bits per heavy atom. The molecule has 0 bridgehead atoms. The van der Waals surface area contributed by atoms with Crippen LogP contribution < -0.4 is 4.74 Å². The van der Waals surface area contributed by atoms with Crippen LogP contribution in [0, 0.1) is 0 Å². The van der Waals surface area contributed by atoms with Crippen molar-refractivity contribution in [1.29, 1.82) is 0 Å². The van der Waals surface area contributed by atoms with Crippen molar-refractivity contribution in [2.45, 2.75) is 5.41 Å². The molecule has 2 aliphatic rings. The number of rotatable bonds is 5.